The van der Waals surface area contributed by atoms with Gasteiger partial charge in [0.15, 0.2) is 0 Å². The lowest BCUT2D eigenvalue weighted by Crippen LogP contribution is -2.14. The predicted molar refractivity (Wildman–Crippen MR) is 68.1 cm³/mol. The fourth-order valence-corrected chi connectivity index (χ4v) is 2.06. The highest BCUT2D eigenvalue weighted by atomic mass is 16.5. The molecular weight excluding hydrogens is 214 g/mol. The molecule has 1 aromatic carbocycles. The number of rotatable bonds is 4. The summed E-state index contributed by atoms with van der Waals surface area (Å²) in [5.41, 5.74) is 2.38. The Hall–Kier alpha value is -1.51. The summed E-state index contributed by atoms with van der Waals surface area (Å²) >= 11 is 0. The quantitative estimate of drug-likeness (QED) is 0.813. The average molecular weight is 233 g/mol. The lowest BCUT2D eigenvalue weighted by Gasteiger charge is -2.11. The summed E-state index contributed by atoms with van der Waals surface area (Å²) in [6.07, 6.45) is 0.469. The van der Waals surface area contributed by atoms with Crippen molar-refractivity contribution in [2.75, 3.05) is 18.5 Å². The monoisotopic (exact) mass is 233 g/mol. The molecule has 0 saturated heterocycles. The molecule has 1 aromatic rings. The highest BCUT2D eigenvalue weighted by Crippen LogP contribution is 2.33. The zero-order chi connectivity index (χ0) is 12.3. The summed E-state index contributed by atoms with van der Waals surface area (Å²) in [4.78, 5) is 11.7. The zero-order valence-corrected chi connectivity index (χ0v) is 10.4. The first-order valence-electron chi connectivity index (χ1n) is 6.15. The summed E-state index contributed by atoms with van der Waals surface area (Å²) in [6, 6.07) is 8.15. The van der Waals surface area contributed by atoms with E-state index in [-0.39, 0.29) is 11.9 Å². The molecule has 0 aromatic heterocycles. The van der Waals surface area contributed by atoms with E-state index in [0.29, 0.717) is 18.9 Å². The van der Waals surface area contributed by atoms with Gasteiger partial charge < -0.3 is 10.1 Å². The lowest BCUT2D eigenvalue weighted by molar-refractivity contribution is -0.145. The van der Waals surface area contributed by atoms with Crippen LogP contribution in [0.5, 0.6) is 0 Å². The average Bonchev–Trinajstić information content (AvgIpc) is 2.70. The van der Waals surface area contributed by atoms with Gasteiger partial charge in [0.05, 0.1) is 13.0 Å². The Morgan fingerprint density at radius 1 is 1.47 bits per heavy atom. The molecule has 1 aliphatic rings. The molecular formula is C14H19NO2. The maximum absolute atomic E-state index is 11.7. The maximum Gasteiger partial charge on any atom is 0.306 e. The molecule has 1 heterocycles. The number of anilines is 1. The number of ether oxygens (including phenoxy) is 1. The molecule has 0 aliphatic carbocycles. The summed E-state index contributed by atoms with van der Waals surface area (Å²) < 4.78 is 5.21. The molecule has 1 atom stereocenters. The van der Waals surface area contributed by atoms with Crippen molar-refractivity contribution < 1.29 is 9.53 Å². The van der Waals surface area contributed by atoms with Gasteiger partial charge in [0, 0.05) is 18.2 Å². The number of hydrogen-bond donors (Lipinski definition) is 1. The molecule has 0 spiro atoms. The van der Waals surface area contributed by atoms with Gasteiger partial charge in [-0.15, -0.1) is 0 Å². The first kappa shape index (κ1) is 12.0. The maximum atomic E-state index is 11.7. The summed E-state index contributed by atoms with van der Waals surface area (Å²) in [6.45, 7) is 5.43. The first-order valence-corrected chi connectivity index (χ1v) is 6.15. The predicted octanol–water partition coefficient (Wildman–Crippen LogP) is 2.79. The largest absolute Gasteiger partial charge is 0.465 e. The molecule has 0 amide bonds. The van der Waals surface area contributed by atoms with Crippen molar-refractivity contribution in [2.45, 2.75) is 26.2 Å². The van der Waals surface area contributed by atoms with Crippen LogP contribution in [0.25, 0.3) is 0 Å². The van der Waals surface area contributed by atoms with E-state index in [4.69, 9.17) is 4.74 Å². The molecule has 3 heteroatoms. The second kappa shape index (κ2) is 5.21. The second-order valence-electron chi connectivity index (χ2n) is 4.95. The molecule has 0 fully saturated rings. The van der Waals surface area contributed by atoms with Crippen molar-refractivity contribution in [1.82, 2.24) is 0 Å². The Bertz CT molecular complexity index is 401. The van der Waals surface area contributed by atoms with E-state index in [0.717, 1.165) is 12.2 Å². The van der Waals surface area contributed by atoms with Crippen molar-refractivity contribution in [3.8, 4) is 0 Å². The summed E-state index contributed by atoms with van der Waals surface area (Å²) in [5.74, 6) is 0.556. The molecule has 3 nitrogen and oxygen atoms in total. The Labute approximate surface area is 102 Å². The van der Waals surface area contributed by atoms with E-state index in [1.807, 2.05) is 26.0 Å². The van der Waals surface area contributed by atoms with Crippen molar-refractivity contribution in [2.24, 2.45) is 5.92 Å². The number of esters is 1. The summed E-state index contributed by atoms with van der Waals surface area (Å²) in [5, 5.41) is 3.31. The molecule has 0 radical (unpaired) electrons. The van der Waals surface area contributed by atoms with Gasteiger partial charge in [-0.2, -0.15) is 0 Å². The van der Waals surface area contributed by atoms with E-state index in [9.17, 15) is 4.79 Å². The van der Waals surface area contributed by atoms with E-state index < -0.39 is 0 Å². The van der Waals surface area contributed by atoms with E-state index in [1.54, 1.807) is 0 Å². The third kappa shape index (κ3) is 2.99. The van der Waals surface area contributed by atoms with Gasteiger partial charge >= 0.3 is 5.97 Å². The molecule has 0 bridgehead atoms. The molecule has 92 valence electrons. The topological polar surface area (TPSA) is 38.3 Å². The Morgan fingerprint density at radius 2 is 2.24 bits per heavy atom. The van der Waals surface area contributed by atoms with Gasteiger partial charge in [-0.1, -0.05) is 32.0 Å². The lowest BCUT2D eigenvalue weighted by atomic mass is 9.98. The minimum Gasteiger partial charge on any atom is -0.465 e. The Kier molecular flexibility index (Phi) is 3.67. The summed E-state index contributed by atoms with van der Waals surface area (Å²) in [7, 11) is 0. The number of carbonyl (C=O) groups is 1. The van der Waals surface area contributed by atoms with Gasteiger partial charge in [-0.05, 0) is 17.5 Å². The van der Waals surface area contributed by atoms with Crippen molar-refractivity contribution in [1.29, 1.82) is 0 Å². The number of para-hydroxylation sites is 1. The number of benzene rings is 1. The van der Waals surface area contributed by atoms with Crippen LogP contribution in [-0.2, 0) is 9.53 Å². The van der Waals surface area contributed by atoms with Crippen LogP contribution < -0.4 is 5.32 Å². The number of nitrogens with one attached hydrogen (secondary N) is 1. The highest BCUT2D eigenvalue weighted by molar-refractivity contribution is 5.72. The third-order valence-corrected chi connectivity index (χ3v) is 2.93. The molecule has 2 rings (SSSR count). The fourth-order valence-electron chi connectivity index (χ4n) is 2.06. The van der Waals surface area contributed by atoms with Crippen LogP contribution in [0.15, 0.2) is 24.3 Å². The highest BCUT2D eigenvalue weighted by Gasteiger charge is 2.24. The van der Waals surface area contributed by atoms with Crippen molar-refractivity contribution >= 4 is 11.7 Å². The molecule has 1 unspecified atom stereocenters. The van der Waals surface area contributed by atoms with Crippen LogP contribution >= 0.6 is 0 Å². The minimum absolute atomic E-state index is 0.0952. The third-order valence-electron chi connectivity index (χ3n) is 2.93. The van der Waals surface area contributed by atoms with Crippen LogP contribution in [0.2, 0.25) is 0 Å². The molecule has 17 heavy (non-hydrogen) atoms. The van der Waals surface area contributed by atoms with Crippen molar-refractivity contribution in [3.05, 3.63) is 29.8 Å². The van der Waals surface area contributed by atoms with Crippen LogP contribution in [0.4, 0.5) is 5.69 Å². The Morgan fingerprint density at radius 3 is 3.00 bits per heavy atom. The van der Waals surface area contributed by atoms with Crippen molar-refractivity contribution in [3.63, 3.8) is 0 Å². The van der Waals surface area contributed by atoms with E-state index in [2.05, 4.69) is 17.4 Å². The van der Waals surface area contributed by atoms with Gasteiger partial charge in [0.2, 0.25) is 0 Å². The Balaban J connectivity index is 1.91. The second-order valence-corrected chi connectivity index (χ2v) is 4.95. The van der Waals surface area contributed by atoms with E-state index in [1.165, 1.54) is 5.56 Å². The van der Waals surface area contributed by atoms with Gasteiger partial charge in [0.25, 0.3) is 0 Å². The number of carbonyl (C=O) groups excluding carboxylic acids is 1. The smallest absolute Gasteiger partial charge is 0.306 e. The van der Waals surface area contributed by atoms with Crippen LogP contribution in [-0.4, -0.2) is 19.1 Å². The number of hydrogen-bond acceptors (Lipinski definition) is 3. The van der Waals surface area contributed by atoms with Gasteiger partial charge in [-0.3, -0.25) is 4.79 Å². The fraction of sp³-hybridized carbons (Fsp3) is 0.500. The van der Waals surface area contributed by atoms with Gasteiger partial charge in [0.1, 0.15) is 0 Å². The standard InChI is InChI=1S/C14H19NO2/c1-10(2)9-17-14(16)7-11-8-15-13-6-4-3-5-12(11)13/h3-6,10-11,15H,7-9H2,1-2H3. The normalized spacial score (nSPS) is 17.7. The SMILES string of the molecule is CC(C)COC(=O)CC1CNc2ccccc21. The zero-order valence-electron chi connectivity index (χ0n) is 10.4. The van der Waals surface area contributed by atoms with Gasteiger partial charge in [-0.25, -0.2) is 0 Å². The minimum atomic E-state index is -0.0952. The first-order chi connectivity index (χ1) is 8.16. The van der Waals surface area contributed by atoms with E-state index >= 15 is 0 Å². The molecule has 1 N–H and O–H groups in total. The van der Waals surface area contributed by atoms with Crippen LogP contribution in [0.1, 0.15) is 31.7 Å². The molecule has 1 aliphatic heterocycles. The van der Waals surface area contributed by atoms with Crippen LogP contribution in [0.3, 0.4) is 0 Å². The number of fused-ring (bicyclic) bond motifs is 1. The molecule has 0 saturated carbocycles. The van der Waals surface area contributed by atoms with Crippen LogP contribution in [0, 0.1) is 5.92 Å².